The summed E-state index contributed by atoms with van der Waals surface area (Å²) in [5, 5.41) is 13.4. The van der Waals surface area contributed by atoms with Crippen molar-refractivity contribution < 1.29 is 13.6 Å². The summed E-state index contributed by atoms with van der Waals surface area (Å²) in [4.78, 5) is 12.0. The molecule has 0 aliphatic rings. The Bertz CT molecular complexity index is 665. The predicted octanol–water partition coefficient (Wildman–Crippen LogP) is 3.37. The zero-order chi connectivity index (χ0) is 16.1. The van der Waals surface area contributed by atoms with Crippen LogP contribution in [0.1, 0.15) is 13.8 Å². The van der Waals surface area contributed by atoms with Gasteiger partial charge in [-0.25, -0.2) is 8.78 Å². The van der Waals surface area contributed by atoms with Crippen molar-refractivity contribution >= 4 is 39.8 Å². The molecular weight excluding hydrogens is 330 g/mol. The summed E-state index contributed by atoms with van der Waals surface area (Å²) in [6.07, 6.45) is 0. The minimum absolute atomic E-state index is 0.178. The van der Waals surface area contributed by atoms with Gasteiger partial charge in [0.1, 0.15) is 11.6 Å². The fourth-order valence-corrected chi connectivity index (χ4v) is 3.48. The third-order valence-corrected chi connectivity index (χ3v) is 4.63. The van der Waals surface area contributed by atoms with Crippen molar-refractivity contribution in [2.75, 3.05) is 17.2 Å². The summed E-state index contributed by atoms with van der Waals surface area (Å²) in [6.45, 7) is 4.33. The van der Waals surface area contributed by atoms with Crippen molar-refractivity contribution in [2.24, 2.45) is 0 Å². The normalized spacial score (nSPS) is 12.0. The van der Waals surface area contributed by atoms with Crippen LogP contribution in [0.4, 0.5) is 19.6 Å². The molecule has 1 amide bonds. The average Bonchev–Trinajstić information content (AvgIpc) is 2.90. The first-order chi connectivity index (χ1) is 10.5. The molecule has 1 atom stereocenters. The number of rotatable bonds is 6. The van der Waals surface area contributed by atoms with Gasteiger partial charge in [0, 0.05) is 12.6 Å². The topological polar surface area (TPSA) is 66.9 Å². The second-order valence-electron chi connectivity index (χ2n) is 4.28. The van der Waals surface area contributed by atoms with Crippen LogP contribution in [-0.4, -0.2) is 27.9 Å². The lowest BCUT2D eigenvalue weighted by Crippen LogP contribution is -2.23. The van der Waals surface area contributed by atoms with Crippen molar-refractivity contribution in [1.29, 1.82) is 0 Å². The van der Waals surface area contributed by atoms with Crippen molar-refractivity contribution in [3.8, 4) is 0 Å². The van der Waals surface area contributed by atoms with Crippen LogP contribution in [0.2, 0.25) is 0 Å². The third kappa shape index (κ3) is 4.38. The van der Waals surface area contributed by atoms with Gasteiger partial charge in [-0.2, -0.15) is 0 Å². The lowest BCUT2D eigenvalue weighted by molar-refractivity contribution is -0.115. The molecule has 2 N–H and O–H groups in total. The lowest BCUT2D eigenvalue weighted by Gasteiger charge is -2.10. The molecule has 2 aromatic rings. The minimum atomic E-state index is -0.683. The summed E-state index contributed by atoms with van der Waals surface area (Å²) >= 11 is 2.53. The molecule has 0 aliphatic carbocycles. The van der Waals surface area contributed by atoms with E-state index in [1.165, 1.54) is 23.1 Å². The highest BCUT2D eigenvalue weighted by molar-refractivity contribution is 8.02. The Hall–Kier alpha value is -1.74. The molecule has 0 spiro atoms. The highest BCUT2D eigenvalue weighted by atomic mass is 32.2. The summed E-state index contributed by atoms with van der Waals surface area (Å²) in [5.74, 6) is -1.73. The van der Waals surface area contributed by atoms with E-state index in [-0.39, 0.29) is 5.69 Å². The number of hydrogen-bond donors (Lipinski definition) is 2. The molecule has 1 aromatic heterocycles. The Morgan fingerprint density at radius 1 is 1.41 bits per heavy atom. The second-order valence-corrected chi connectivity index (χ2v) is 6.84. The van der Waals surface area contributed by atoms with Gasteiger partial charge < -0.3 is 10.6 Å². The first-order valence-electron chi connectivity index (χ1n) is 6.49. The maximum atomic E-state index is 13.5. The minimum Gasteiger partial charge on any atom is -0.360 e. The zero-order valence-corrected chi connectivity index (χ0v) is 13.5. The highest BCUT2D eigenvalue weighted by Crippen LogP contribution is 2.29. The van der Waals surface area contributed by atoms with Gasteiger partial charge in [0.05, 0.1) is 10.9 Å². The van der Waals surface area contributed by atoms with Crippen molar-refractivity contribution in [3.63, 3.8) is 0 Å². The summed E-state index contributed by atoms with van der Waals surface area (Å²) in [7, 11) is 0. The molecule has 0 bridgehead atoms. The Balaban J connectivity index is 1.98. The molecule has 5 nitrogen and oxygen atoms in total. The van der Waals surface area contributed by atoms with E-state index in [9.17, 15) is 13.6 Å². The van der Waals surface area contributed by atoms with Crippen LogP contribution in [0.3, 0.4) is 0 Å². The van der Waals surface area contributed by atoms with Crippen molar-refractivity contribution in [3.05, 3.63) is 29.8 Å². The molecule has 0 aliphatic heterocycles. The number of aromatic nitrogens is 2. The van der Waals surface area contributed by atoms with E-state index >= 15 is 0 Å². The fraction of sp³-hybridized carbons (Fsp3) is 0.308. The molecule has 2 rings (SSSR count). The van der Waals surface area contributed by atoms with Gasteiger partial charge in [-0.1, -0.05) is 23.1 Å². The van der Waals surface area contributed by atoms with E-state index < -0.39 is 22.8 Å². The third-order valence-electron chi connectivity index (χ3n) is 2.57. The van der Waals surface area contributed by atoms with E-state index in [0.29, 0.717) is 9.47 Å². The monoisotopic (exact) mass is 344 g/mol. The smallest absolute Gasteiger partial charge is 0.237 e. The molecule has 118 valence electrons. The number of hydrogen-bond acceptors (Lipinski definition) is 6. The SMILES string of the molecule is CCNc1nnc(SC(C)C(=O)Nc2cc(F)ccc2F)s1. The Morgan fingerprint density at radius 3 is 2.91 bits per heavy atom. The molecule has 22 heavy (non-hydrogen) atoms. The molecule has 0 saturated heterocycles. The molecule has 0 radical (unpaired) electrons. The van der Waals surface area contributed by atoms with E-state index in [1.54, 1.807) is 6.92 Å². The summed E-state index contributed by atoms with van der Waals surface area (Å²) < 4.78 is 27.2. The number of nitrogens with zero attached hydrogens (tertiary/aromatic N) is 2. The van der Waals surface area contributed by atoms with Gasteiger partial charge >= 0.3 is 0 Å². The molecule has 0 fully saturated rings. The fourth-order valence-electron chi connectivity index (χ4n) is 1.51. The first kappa shape index (κ1) is 16.6. The highest BCUT2D eigenvalue weighted by Gasteiger charge is 2.18. The van der Waals surface area contributed by atoms with Gasteiger partial charge in [-0.3, -0.25) is 4.79 Å². The molecule has 1 unspecified atom stereocenters. The number of carbonyl (C=O) groups is 1. The number of nitrogens with one attached hydrogen (secondary N) is 2. The van der Waals surface area contributed by atoms with Crippen LogP contribution in [0.15, 0.2) is 22.5 Å². The van der Waals surface area contributed by atoms with E-state index in [4.69, 9.17) is 0 Å². The summed E-state index contributed by atoms with van der Waals surface area (Å²) in [6, 6.07) is 2.90. The molecule has 0 saturated carbocycles. The maximum absolute atomic E-state index is 13.5. The van der Waals surface area contributed by atoms with Crippen molar-refractivity contribution in [2.45, 2.75) is 23.4 Å². The van der Waals surface area contributed by atoms with Crippen molar-refractivity contribution in [1.82, 2.24) is 10.2 Å². The average molecular weight is 344 g/mol. The molecule has 1 heterocycles. The summed E-state index contributed by atoms with van der Waals surface area (Å²) in [5.41, 5.74) is -0.178. The number of halogens is 2. The van der Waals surface area contributed by atoms with E-state index in [0.717, 1.165) is 24.7 Å². The zero-order valence-electron chi connectivity index (χ0n) is 11.9. The molecule has 9 heteroatoms. The van der Waals surface area contributed by atoms with Gasteiger partial charge in [0.2, 0.25) is 11.0 Å². The lowest BCUT2D eigenvalue weighted by atomic mass is 10.3. The van der Waals surface area contributed by atoms with Gasteiger partial charge in [0.25, 0.3) is 0 Å². The van der Waals surface area contributed by atoms with Gasteiger partial charge in [0.15, 0.2) is 4.34 Å². The Morgan fingerprint density at radius 2 is 2.18 bits per heavy atom. The van der Waals surface area contributed by atoms with Crippen LogP contribution in [0, 0.1) is 11.6 Å². The first-order valence-corrected chi connectivity index (χ1v) is 8.19. The largest absolute Gasteiger partial charge is 0.360 e. The Kier molecular flexibility index (Phi) is 5.67. The van der Waals surface area contributed by atoms with Crippen LogP contribution in [-0.2, 0) is 4.79 Å². The second kappa shape index (κ2) is 7.50. The Labute approximate surface area is 134 Å². The number of anilines is 2. The predicted molar refractivity (Wildman–Crippen MR) is 84.4 cm³/mol. The van der Waals surface area contributed by atoms with E-state index in [2.05, 4.69) is 20.8 Å². The number of carbonyl (C=O) groups excluding carboxylic acids is 1. The molecule has 1 aromatic carbocycles. The number of thioether (sulfide) groups is 1. The van der Waals surface area contributed by atoms with Crippen LogP contribution in [0.5, 0.6) is 0 Å². The maximum Gasteiger partial charge on any atom is 0.237 e. The number of benzene rings is 1. The molecular formula is C13H14F2N4OS2. The van der Waals surface area contributed by atoms with Gasteiger partial charge in [-0.05, 0) is 26.0 Å². The van der Waals surface area contributed by atoms with Crippen LogP contribution >= 0.6 is 23.1 Å². The van der Waals surface area contributed by atoms with E-state index in [1.807, 2.05) is 6.92 Å². The number of amides is 1. The quantitative estimate of drug-likeness (QED) is 0.787. The standard InChI is InChI=1S/C13H14F2N4OS2/c1-3-16-12-18-19-13(22-12)21-7(2)11(20)17-10-6-8(14)4-5-9(10)15/h4-7H,3H2,1-2H3,(H,16,18)(H,17,20). The van der Waals surface area contributed by atoms with Crippen LogP contribution in [0.25, 0.3) is 0 Å². The van der Waals surface area contributed by atoms with Crippen LogP contribution < -0.4 is 10.6 Å². The van der Waals surface area contributed by atoms with Gasteiger partial charge in [-0.15, -0.1) is 10.2 Å².